The third-order valence-electron chi connectivity index (χ3n) is 16.0. The predicted molar refractivity (Wildman–Crippen MR) is 359 cm³/mol. The van der Waals surface area contributed by atoms with E-state index >= 15 is 0 Å². The second-order valence-electron chi connectivity index (χ2n) is 24.1. The minimum absolute atomic E-state index is 0. The number of benzene rings is 4. The SMILES string of the molecule is C.C.CC(C)CN(C[C@@H](O)[C@H](Cc1ccc(OCCN)cc1)NC(=O)O[C@@H]1CO[C@H]2OCC[C@H]21)S(=O)(=O)c1ccc2c(c1)OCO2.COC(=O)Cl.COC(=O)NCCOc1ccc(C[C@H](NC(=O)O[C@@H]2CO[C@H]3OCC[C@H]32)[C@H](O)CN(CC(C)C)S(=O)(=O)c2ccc3c(c2)OCO3)cc1. The maximum atomic E-state index is 13.9. The van der Waals surface area contributed by atoms with Gasteiger partial charge in [-0.1, -0.05) is 66.8 Å². The molecule has 33 heteroatoms. The highest BCUT2D eigenvalue weighted by Gasteiger charge is 2.46. The minimum Gasteiger partial charge on any atom is -0.492 e. The van der Waals surface area contributed by atoms with Gasteiger partial charge in [-0.05, 0) is 97.2 Å². The Morgan fingerprint density at radius 3 is 1.36 bits per heavy atom. The van der Waals surface area contributed by atoms with Crippen molar-refractivity contribution in [2.24, 2.45) is 29.4 Å². The summed E-state index contributed by atoms with van der Waals surface area (Å²) in [4.78, 5) is 46.9. The summed E-state index contributed by atoms with van der Waals surface area (Å²) in [5.74, 6) is 2.49. The summed E-state index contributed by atoms with van der Waals surface area (Å²) in [6, 6.07) is 21.2. The summed E-state index contributed by atoms with van der Waals surface area (Å²) in [6.45, 7) is 9.89. The Bertz CT molecular complexity index is 3450. The van der Waals surface area contributed by atoms with Crippen LogP contribution in [-0.4, -0.2) is 215 Å². The lowest BCUT2D eigenvalue weighted by Gasteiger charge is -2.31. The summed E-state index contributed by atoms with van der Waals surface area (Å²) in [5.41, 5.74) is 6.28. The third-order valence-corrected chi connectivity index (χ3v) is 19.8. The number of methoxy groups -OCH3 is 2. The van der Waals surface area contributed by atoms with Gasteiger partial charge in [0.2, 0.25) is 33.6 Å². The number of amides is 3. The molecule has 10 rings (SSSR count). The number of nitrogens with zero attached hydrogens (tertiary/aromatic N) is 2. The van der Waals surface area contributed by atoms with E-state index in [2.05, 4.69) is 37.0 Å². The molecule has 4 saturated heterocycles. The Morgan fingerprint density at radius 1 is 0.576 bits per heavy atom. The number of carbonyl (C=O) groups is 4. The summed E-state index contributed by atoms with van der Waals surface area (Å²) in [5, 5.41) is 31.3. The zero-order valence-corrected chi connectivity index (χ0v) is 57.2. The summed E-state index contributed by atoms with van der Waals surface area (Å²) >= 11 is 4.60. The number of alkyl carbamates (subject to hydrolysis) is 3. The molecular weight excluding hydrogens is 1360 g/mol. The number of hydrogen-bond donors (Lipinski definition) is 6. The summed E-state index contributed by atoms with van der Waals surface area (Å²) in [6.07, 6.45) is -4.70. The fourth-order valence-corrected chi connectivity index (χ4v) is 14.5. The molecule has 6 aliphatic heterocycles. The molecule has 0 radical (unpaired) electrons. The first-order valence-corrected chi connectivity index (χ1v) is 35.0. The zero-order valence-electron chi connectivity index (χ0n) is 54.8. The lowest BCUT2D eigenvalue weighted by Crippen LogP contribution is -2.51. The van der Waals surface area contributed by atoms with E-state index in [9.17, 15) is 46.2 Å². The molecule has 6 aliphatic rings. The van der Waals surface area contributed by atoms with E-state index in [-0.39, 0.29) is 134 Å². The molecule has 4 aromatic rings. The molecular formula is C66H95ClN6O24S2. The van der Waals surface area contributed by atoms with Crippen molar-refractivity contribution in [1.82, 2.24) is 24.6 Å². The van der Waals surface area contributed by atoms with Crippen LogP contribution >= 0.6 is 11.6 Å². The lowest BCUT2D eigenvalue weighted by atomic mass is 10.0. The Balaban J connectivity index is 0.000000287. The monoisotopic (exact) mass is 1450 g/mol. The molecule has 3 amide bonds. The van der Waals surface area contributed by atoms with Crippen LogP contribution in [0.5, 0.6) is 34.5 Å². The van der Waals surface area contributed by atoms with Crippen LogP contribution in [-0.2, 0) is 70.8 Å². The number of nitrogens with one attached hydrogen (secondary N) is 3. The smallest absolute Gasteiger partial charge is 0.407 e. The number of ether oxygens (including phenoxy) is 14. The van der Waals surface area contributed by atoms with Crippen LogP contribution in [0.2, 0.25) is 0 Å². The maximum Gasteiger partial charge on any atom is 0.407 e. The number of sulfonamides is 2. The van der Waals surface area contributed by atoms with Gasteiger partial charge >= 0.3 is 23.7 Å². The average Bonchev–Trinajstić information content (AvgIpc) is 1.68. The molecule has 0 unspecified atom stereocenters. The van der Waals surface area contributed by atoms with E-state index in [1.165, 1.54) is 53.2 Å². The number of nitrogens with two attached hydrogens (primary N) is 1. The molecule has 4 aromatic carbocycles. The van der Waals surface area contributed by atoms with Crippen LogP contribution in [0.1, 0.15) is 66.5 Å². The van der Waals surface area contributed by atoms with Crippen molar-refractivity contribution in [2.75, 3.05) is 107 Å². The Labute approximate surface area is 583 Å². The number of aliphatic hydroxyl groups is 2. The van der Waals surface area contributed by atoms with Gasteiger partial charge in [0.05, 0.1) is 93.1 Å². The van der Waals surface area contributed by atoms with Gasteiger partial charge in [-0.15, -0.1) is 0 Å². The minimum atomic E-state index is -4.09. The van der Waals surface area contributed by atoms with Crippen LogP contribution in [0.25, 0.3) is 0 Å². The van der Waals surface area contributed by atoms with E-state index in [1.807, 2.05) is 39.8 Å². The van der Waals surface area contributed by atoms with Crippen LogP contribution in [0.15, 0.2) is 94.7 Å². The van der Waals surface area contributed by atoms with Gasteiger partial charge in [0, 0.05) is 56.5 Å². The largest absolute Gasteiger partial charge is 0.492 e. The van der Waals surface area contributed by atoms with Gasteiger partial charge in [-0.3, -0.25) is 0 Å². The van der Waals surface area contributed by atoms with Gasteiger partial charge in [0.1, 0.15) is 36.9 Å². The molecule has 99 heavy (non-hydrogen) atoms. The van der Waals surface area contributed by atoms with E-state index in [1.54, 1.807) is 42.5 Å². The number of aliphatic hydroxyl groups excluding tert-OH is 2. The molecule has 4 fully saturated rings. The van der Waals surface area contributed by atoms with Crippen molar-refractivity contribution in [3.63, 3.8) is 0 Å². The molecule has 0 aliphatic carbocycles. The molecule has 0 saturated carbocycles. The summed E-state index contributed by atoms with van der Waals surface area (Å²) in [7, 11) is -5.65. The predicted octanol–water partition coefficient (Wildman–Crippen LogP) is 6.38. The molecule has 0 aromatic heterocycles. The van der Waals surface area contributed by atoms with E-state index in [0.717, 1.165) is 17.5 Å². The number of carbonyl (C=O) groups excluding carboxylic acids is 4. The Kier molecular flexibility index (Phi) is 31.5. The lowest BCUT2D eigenvalue weighted by molar-refractivity contribution is -0.0909. The molecule has 0 bridgehead atoms. The van der Waals surface area contributed by atoms with Gasteiger partial charge in [0.25, 0.3) is 0 Å². The van der Waals surface area contributed by atoms with Crippen LogP contribution < -0.4 is 50.1 Å². The highest BCUT2D eigenvalue weighted by Crippen LogP contribution is 2.38. The van der Waals surface area contributed by atoms with E-state index in [4.69, 9.17) is 62.6 Å². The van der Waals surface area contributed by atoms with Gasteiger partial charge in [-0.25, -0.2) is 36.0 Å². The molecule has 10 atom stereocenters. The number of fused-ring (bicyclic) bond motifs is 4. The second-order valence-corrected chi connectivity index (χ2v) is 28.3. The standard InChI is InChI=1S/C32H43N3O12S.C30H41N3O10S.C2H3ClO2.2CH4/c1-20(2)16-35(48(39,40)23-8-9-27-28(15-23)46-19-45-27)17-26(36)25(34-32(38)47-29-18-44-30-24(29)10-12-43-30)14-21-4-6-22(7-5-21)42-13-11-33-31(37)41-3;1-19(2)15-33(44(36,37)22-7-8-26-27(14-22)42-18-41-26)16-25(34)24(13-20-3-5-21(6-4-20)38-12-10-31)32-30(35)43-28-17-40-29-23(28)9-11-39-29;1-5-2(3)4;;/h4-9,15,20,24-26,29-30,36H,10-14,16-19H2,1-3H3,(H,33,37)(H,34,38);3-8,14,19,23-25,28-29,34H,9-13,15-18,31H2,1-2H3,(H,32,35);1H3;2*1H4/t24-,25-,26+,29+,30+;23-,24-,25+,28+,29+;;;/m00.../s1. The van der Waals surface area contributed by atoms with Crippen molar-refractivity contribution < 1.29 is 113 Å². The Morgan fingerprint density at radius 2 is 0.980 bits per heavy atom. The van der Waals surface area contributed by atoms with Crippen LogP contribution in [0.4, 0.5) is 19.2 Å². The van der Waals surface area contributed by atoms with Crippen LogP contribution in [0, 0.1) is 23.7 Å². The van der Waals surface area contributed by atoms with Gasteiger partial charge in [-0.2, -0.15) is 8.61 Å². The maximum absolute atomic E-state index is 13.9. The van der Waals surface area contributed by atoms with Gasteiger partial charge in [0.15, 0.2) is 35.6 Å². The first-order chi connectivity index (χ1) is 46.4. The quantitative estimate of drug-likeness (QED) is 0.0195. The highest BCUT2D eigenvalue weighted by atomic mass is 35.5. The normalized spacial score (nSPS) is 20.4. The van der Waals surface area contributed by atoms with Crippen LogP contribution in [0.3, 0.4) is 0 Å². The van der Waals surface area contributed by atoms with E-state index in [0.29, 0.717) is 67.3 Å². The van der Waals surface area contributed by atoms with Crippen molar-refractivity contribution in [1.29, 1.82) is 0 Å². The first-order valence-electron chi connectivity index (χ1n) is 31.7. The number of halogens is 1. The fraction of sp³-hybridized carbons (Fsp3) is 0.576. The molecule has 0 spiro atoms. The first kappa shape index (κ1) is 80.8. The van der Waals surface area contributed by atoms with E-state index < -0.39 is 86.5 Å². The number of rotatable bonds is 29. The topological polar surface area (TPSA) is 375 Å². The molecule has 552 valence electrons. The van der Waals surface area contributed by atoms with Crippen molar-refractivity contribution in [3.8, 4) is 34.5 Å². The second kappa shape index (κ2) is 38.6. The van der Waals surface area contributed by atoms with Gasteiger partial charge < -0.3 is 98.2 Å². The fourth-order valence-electron chi connectivity index (χ4n) is 11.2. The average molecular weight is 1460 g/mol. The molecule has 7 N–H and O–H groups in total. The molecule has 30 nitrogen and oxygen atoms in total. The van der Waals surface area contributed by atoms with Crippen molar-refractivity contribution in [3.05, 3.63) is 96.1 Å². The Hall–Kier alpha value is -7.21. The van der Waals surface area contributed by atoms with Crippen molar-refractivity contribution >= 4 is 55.4 Å². The van der Waals surface area contributed by atoms with Crippen molar-refractivity contribution in [2.45, 2.75) is 127 Å². The zero-order chi connectivity index (χ0) is 69.8. The molecule has 6 heterocycles. The third kappa shape index (κ3) is 23.2. The summed E-state index contributed by atoms with van der Waals surface area (Å²) < 4.78 is 133. The highest BCUT2D eigenvalue weighted by molar-refractivity contribution is 7.89. The number of hydrogen-bond acceptors (Lipinski definition) is 25.